The summed E-state index contributed by atoms with van der Waals surface area (Å²) in [7, 11) is 1.55. The summed E-state index contributed by atoms with van der Waals surface area (Å²) in [6.45, 7) is 3.44. The number of carbonyl (C=O) groups excluding carboxylic acids is 1. The summed E-state index contributed by atoms with van der Waals surface area (Å²) in [5, 5.41) is 4.23. The van der Waals surface area contributed by atoms with E-state index in [1.54, 1.807) is 18.0 Å². The van der Waals surface area contributed by atoms with Gasteiger partial charge in [0.1, 0.15) is 6.54 Å². The monoisotopic (exact) mass is 356 g/mol. The molecule has 0 bridgehead atoms. The van der Waals surface area contributed by atoms with Crippen molar-refractivity contribution in [3.63, 3.8) is 0 Å². The summed E-state index contributed by atoms with van der Waals surface area (Å²) in [6.07, 6.45) is 3.10. The summed E-state index contributed by atoms with van der Waals surface area (Å²) in [4.78, 5) is 16.1. The molecule has 2 fully saturated rings. The van der Waals surface area contributed by atoms with Crippen molar-refractivity contribution in [1.82, 2.24) is 19.6 Å². The van der Waals surface area contributed by atoms with E-state index >= 15 is 0 Å². The van der Waals surface area contributed by atoms with Crippen LogP contribution < -0.4 is 0 Å². The summed E-state index contributed by atoms with van der Waals surface area (Å²) in [5.74, 6) is -2.62. The predicted octanol–water partition coefficient (Wildman–Crippen LogP) is 1.54. The van der Waals surface area contributed by atoms with Crippen LogP contribution in [0.15, 0.2) is 12.3 Å². The Balaban J connectivity index is 1.53. The molecule has 0 saturated carbocycles. The largest absolute Gasteiger partial charge is 0.383 e. The first kappa shape index (κ1) is 18.3. The second-order valence-corrected chi connectivity index (χ2v) is 7.11. The van der Waals surface area contributed by atoms with Crippen molar-refractivity contribution in [2.24, 2.45) is 0 Å². The molecule has 0 unspecified atom stereocenters. The molecule has 0 radical (unpaired) electrons. The minimum Gasteiger partial charge on any atom is -0.383 e. The van der Waals surface area contributed by atoms with Crippen LogP contribution >= 0.6 is 0 Å². The number of aromatic nitrogens is 2. The highest BCUT2D eigenvalue weighted by molar-refractivity contribution is 5.76. The number of nitrogens with zero attached hydrogens (tertiary/aromatic N) is 4. The van der Waals surface area contributed by atoms with Crippen molar-refractivity contribution in [3.8, 4) is 0 Å². The molecule has 0 aromatic carbocycles. The van der Waals surface area contributed by atoms with Crippen molar-refractivity contribution in [1.29, 1.82) is 0 Å². The maximum atomic E-state index is 13.8. The van der Waals surface area contributed by atoms with Gasteiger partial charge >= 0.3 is 0 Å². The van der Waals surface area contributed by atoms with Crippen molar-refractivity contribution in [3.05, 3.63) is 18.0 Å². The van der Waals surface area contributed by atoms with Crippen molar-refractivity contribution >= 4 is 5.91 Å². The molecule has 1 atom stereocenters. The van der Waals surface area contributed by atoms with Gasteiger partial charge in [-0.2, -0.15) is 5.10 Å². The number of aryl methyl sites for hydroxylation is 1. The van der Waals surface area contributed by atoms with E-state index in [0.717, 1.165) is 18.5 Å². The van der Waals surface area contributed by atoms with Crippen LogP contribution in [0.5, 0.6) is 0 Å². The van der Waals surface area contributed by atoms with Crippen molar-refractivity contribution in [2.45, 2.75) is 50.7 Å². The molecule has 3 rings (SSSR count). The van der Waals surface area contributed by atoms with Gasteiger partial charge in [-0.3, -0.25) is 14.4 Å². The molecule has 0 spiro atoms. The zero-order valence-electron chi connectivity index (χ0n) is 14.8. The number of alkyl halides is 2. The molecule has 1 aromatic heterocycles. The first-order valence-corrected chi connectivity index (χ1v) is 8.78. The third kappa shape index (κ3) is 4.36. The van der Waals surface area contributed by atoms with Gasteiger partial charge in [-0.25, -0.2) is 8.78 Å². The van der Waals surface area contributed by atoms with Crippen LogP contribution in [0.2, 0.25) is 0 Å². The van der Waals surface area contributed by atoms with Crippen LogP contribution in [0, 0.1) is 6.92 Å². The van der Waals surface area contributed by atoms with Gasteiger partial charge in [-0.05, 0) is 25.8 Å². The molecule has 140 valence electrons. The van der Waals surface area contributed by atoms with E-state index in [0.29, 0.717) is 19.7 Å². The molecule has 0 aliphatic carbocycles. The molecule has 1 amide bonds. The number of rotatable bonds is 5. The number of carbonyl (C=O) groups is 1. The van der Waals surface area contributed by atoms with Crippen LogP contribution in [-0.2, 0) is 16.1 Å². The maximum Gasteiger partial charge on any atom is 0.262 e. The molecule has 8 heteroatoms. The molecular weight excluding hydrogens is 330 g/mol. The molecule has 0 N–H and O–H groups in total. The average Bonchev–Trinajstić information content (AvgIpc) is 3.10. The Morgan fingerprint density at radius 3 is 2.72 bits per heavy atom. The van der Waals surface area contributed by atoms with Gasteiger partial charge in [0.15, 0.2) is 0 Å². The Morgan fingerprint density at radius 2 is 2.12 bits per heavy atom. The van der Waals surface area contributed by atoms with E-state index in [-0.39, 0.29) is 37.5 Å². The smallest absolute Gasteiger partial charge is 0.262 e. The fraction of sp³-hybridized carbons (Fsp3) is 0.765. The molecule has 3 heterocycles. The quantitative estimate of drug-likeness (QED) is 0.803. The van der Waals surface area contributed by atoms with Gasteiger partial charge in [0.2, 0.25) is 5.91 Å². The van der Waals surface area contributed by atoms with E-state index in [1.807, 2.05) is 22.8 Å². The van der Waals surface area contributed by atoms with E-state index in [4.69, 9.17) is 4.74 Å². The van der Waals surface area contributed by atoms with Crippen LogP contribution in [0.25, 0.3) is 0 Å². The Morgan fingerprint density at radius 1 is 1.40 bits per heavy atom. The predicted molar refractivity (Wildman–Crippen MR) is 88.5 cm³/mol. The van der Waals surface area contributed by atoms with Gasteiger partial charge in [0.25, 0.3) is 5.92 Å². The van der Waals surface area contributed by atoms with Crippen molar-refractivity contribution in [2.75, 3.05) is 33.4 Å². The first-order chi connectivity index (χ1) is 11.9. The third-order valence-electron chi connectivity index (χ3n) is 5.13. The maximum absolute atomic E-state index is 13.8. The van der Waals surface area contributed by atoms with Gasteiger partial charge in [0, 0.05) is 44.9 Å². The van der Waals surface area contributed by atoms with E-state index in [2.05, 4.69) is 5.10 Å². The van der Waals surface area contributed by atoms with E-state index in [9.17, 15) is 13.6 Å². The summed E-state index contributed by atoms with van der Waals surface area (Å²) < 4.78 is 34.4. The van der Waals surface area contributed by atoms with Gasteiger partial charge in [0.05, 0.1) is 18.8 Å². The summed E-state index contributed by atoms with van der Waals surface area (Å²) in [5.41, 5.74) is 0.880. The van der Waals surface area contributed by atoms with Gasteiger partial charge in [-0.1, -0.05) is 0 Å². The fourth-order valence-corrected chi connectivity index (χ4v) is 3.93. The lowest BCUT2D eigenvalue weighted by molar-refractivity contribution is -0.133. The number of hydrogen-bond acceptors (Lipinski definition) is 4. The average molecular weight is 356 g/mol. The molecule has 1 aromatic rings. The summed E-state index contributed by atoms with van der Waals surface area (Å²) in [6, 6.07) is 1.71. The first-order valence-electron chi connectivity index (χ1n) is 8.78. The minimum absolute atomic E-state index is 0.0294. The van der Waals surface area contributed by atoms with Gasteiger partial charge in [-0.15, -0.1) is 0 Å². The fourth-order valence-electron chi connectivity index (χ4n) is 3.93. The number of hydrogen-bond donors (Lipinski definition) is 0. The van der Waals surface area contributed by atoms with Gasteiger partial charge < -0.3 is 9.64 Å². The lowest BCUT2D eigenvalue weighted by Gasteiger charge is -2.39. The molecule has 25 heavy (non-hydrogen) atoms. The lowest BCUT2D eigenvalue weighted by atomic mass is 10.0. The van der Waals surface area contributed by atoms with Crippen LogP contribution in [-0.4, -0.2) is 76.8 Å². The Hall–Kier alpha value is -1.54. The summed E-state index contributed by atoms with van der Waals surface area (Å²) >= 11 is 0. The number of halogens is 2. The zero-order valence-corrected chi connectivity index (χ0v) is 14.8. The van der Waals surface area contributed by atoms with E-state index < -0.39 is 5.92 Å². The highest BCUT2D eigenvalue weighted by atomic mass is 19.3. The molecule has 2 aliphatic rings. The van der Waals surface area contributed by atoms with Crippen LogP contribution in [0.3, 0.4) is 0 Å². The Bertz CT molecular complexity index is 599. The molecule has 2 saturated heterocycles. The Labute approximate surface area is 146 Å². The molecular formula is C17H26F2N4O2. The molecule has 2 aliphatic heterocycles. The second-order valence-electron chi connectivity index (χ2n) is 7.11. The van der Waals surface area contributed by atoms with Crippen LogP contribution in [0.4, 0.5) is 8.78 Å². The minimum atomic E-state index is -2.64. The van der Waals surface area contributed by atoms with Crippen molar-refractivity contribution < 1.29 is 18.3 Å². The number of ether oxygens (including phenoxy) is 1. The third-order valence-corrected chi connectivity index (χ3v) is 5.13. The van der Waals surface area contributed by atoms with E-state index in [1.165, 1.54) is 0 Å². The zero-order chi connectivity index (χ0) is 18.0. The lowest BCUT2D eigenvalue weighted by Crippen LogP contribution is -2.50. The second kappa shape index (κ2) is 7.37. The standard InChI is InChI=1S/C17H26F2N4O2/c1-13-3-8-22(20-13)10-16(24)21-6-4-14(5-7-21)23-12-17(18,19)9-15(23)11-25-2/h3,8,14-15H,4-7,9-12H2,1-2H3/t15-/m0/s1. The Kier molecular flexibility index (Phi) is 5.38. The number of amides is 1. The number of methoxy groups -OCH3 is 1. The number of piperidine rings is 1. The molecule has 6 nitrogen and oxygen atoms in total. The highest BCUT2D eigenvalue weighted by Crippen LogP contribution is 2.35. The topological polar surface area (TPSA) is 50.6 Å². The normalized spacial score (nSPS) is 24.8. The number of likely N-dealkylation sites (tertiary alicyclic amines) is 2. The van der Waals surface area contributed by atoms with Crippen LogP contribution in [0.1, 0.15) is 25.0 Å². The SMILES string of the molecule is COC[C@@H]1CC(F)(F)CN1C1CCN(C(=O)Cn2ccc(C)n2)CC1. The highest BCUT2D eigenvalue weighted by Gasteiger charge is 2.47.